The number of H-pyrrole nitrogens is 1. The van der Waals surface area contributed by atoms with Crippen molar-refractivity contribution >= 4 is 27.0 Å². The average Bonchev–Trinajstić information content (AvgIpc) is 2.48. The third-order valence-electron chi connectivity index (χ3n) is 2.04. The second-order valence-corrected chi connectivity index (χ2v) is 4.63. The summed E-state index contributed by atoms with van der Waals surface area (Å²) in [4.78, 5) is 7.42. The Labute approximate surface area is 90.3 Å². The first-order chi connectivity index (χ1) is 6.48. The lowest BCUT2D eigenvalue weighted by Crippen LogP contribution is -2.17. The number of benzene rings is 1. The van der Waals surface area contributed by atoms with Gasteiger partial charge in [0.15, 0.2) is 0 Å². The minimum absolute atomic E-state index is 0.583. The van der Waals surface area contributed by atoms with E-state index in [1.807, 2.05) is 18.2 Å². The SMILES string of the molecule is CC(C)(O)c1nc2c(Br)cccc2[nH]1. The minimum Gasteiger partial charge on any atom is -0.383 e. The number of fused-ring (bicyclic) bond motifs is 1. The van der Waals surface area contributed by atoms with Crippen molar-refractivity contribution in [3.8, 4) is 0 Å². The lowest BCUT2D eigenvalue weighted by molar-refractivity contribution is 0.0700. The van der Waals surface area contributed by atoms with Crippen molar-refractivity contribution in [1.29, 1.82) is 0 Å². The Morgan fingerprint density at radius 2 is 2.14 bits per heavy atom. The highest BCUT2D eigenvalue weighted by Gasteiger charge is 2.20. The maximum absolute atomic E-state index is 9.77. The summed E-state index contributed by atoms with van der Waals surface area (Å²) >= 11 is 3.41. The van der Waals surface area contributed by atoms with Gasteiger partial charge in [-0.3, -0.25) is 0 Å². The van der Waals surface area contributed by atoms with E-state index in [0.29, 0.717) is 5.82 Å². The maximum Gasteiger partial charge on any atom is 0.138 e. The van der Waals surface area contributed by atoms with E-state index in [0.717, 1.165) is 15.5 Å². The summed E-state index contributed by atoms with van der Waals surface area (Å²) in [6.07, 6.45) is 0. The van der Waals surface area contributed by atoms with Crippen molar-refractivity contribution < 1.29 is 5.11 Å². The molecule has 3 nitrogen and oxygen atoms in total. The molecule has 0 radical (unpaired) electrons. The Morgan fingerprint density at radius 1 is 1.43 bits per heavy atom. The molecule has 0 unspecified atom stereocenters. The summed E-state index contributed by atoms with van der Waals surface area (Å²) in [5.41, 5.74) is 0.847. The molecule has 2 N–H and O–H groups in total. The highest BCUT2D eigenvalue weighted by atomic mass is 79.9. The van der Waals surface area contributed by atoms with E-state index in [4.69, 9.17) is 0 Å². The molecular weight excluding hydrogens is 244 g/mol. The molecule has 0 aliphatic rings. The van der Waals surface area contributed by atoms with Crippen LogP contribution in [0.15, 0.2) is 22.7 Å². The molecule has 0 amide bonds. The van der Waals surface area contributed by atoms with Crippen molar-refractivity contribution in [3.05, 3.63) is 28.5 Å². The molecule has 4 heteroatoms. The normalized spacial score (nSPS) is 12.3. The van der Waals surface area contributed by atoms with Gasteiger partial charge in [-0.15, -0.1) is 0 Å². The van der Waals surface area contributed by atoms with Gasteiger partial charge in [-0.2, -0.15) is 0 Å². The van der Waals surface area contributed by atoms with Gasteiger partial charge in [-0.1, -0.05) is 6.07 Å². The number of aromatic amines is 1. The molecule has 0 aliphatic carbocycles. The van der Waals surface area contributed by atoms with Gasteiger partial charge >= 0.3 is 0 Å². The topological polar surface area (TPSA) is 48.9 Å². The van der Waals surface area contributed by atoms with Crippen LogP contribution in [0.5, 0.6) is 0 Å². The van der Waals surface area contributed by atoms with Crippen molar-refractivity contribution in [1.82, 2.24) is 9.97 Å². The summed E-state index contributed by atoms with van der Waals surface area (Å²) in [5.74, 6) is 0.583. The largest absolute Gasteiger partial charge is 0.383 e. The van der Waals surface area contributed by atoms with Gasteiger partial charge in [0.05, 0.1) is 5.52 Å². The molecule has 0 saturated carbocycles. The van der Waals surface area contributed by atoms with Crippen LogP contribution >= 0.6 is 15.9 Å². The Morgan fingerprint density at radius 3 is 2.71 bits per heavy atom. The number of para-hydroxylation sites is 1. The molecule has 1 aromatic carbocycles. The number of hydrogen-bond donors (Lipinski definition) is 2. The lowest BCUT2D eigenvalue weighted by Gasteiger charge is -2.12. The van der Waals surface area contributed by atoms with Gasteiger partial charge in [0.1, 0.15) is 16.9 Å². The summed E-state index contributed by atoms with van der Waals surface area (Å²) in [5, 5.41) is 9.77. The monoisotopic (exact) mass is 254 g/mol. The average molecular weight is 255 g/mol. The first kappa shape index (κ1) is 9.68. The second kappa shape index (κ2) is 3.07. The van der Waals surface area contributed by atoms with Gasteiger partial charge < -0.3 is 10.1 Å². The van der Waals surface area contributed by atoms with Crippen molar-refractivity contribution in [3.63, 3.8) is 0 Å². The highest BCUT2D eigenvalue weighted by Crippen LogP contribution is 2.25. The van der Waals surface area contributed by atoms with E-state index in [-0.39, 0.29) is 0 Å². The third kappa shape index (κ3) is 1.55. The van der Waals surface area contributed by atoms with Crippen LogP contribution in [0.2, 0.25) is 0 Å². The summed E-state index contributed by atoms with van der Waals surface area (Å²) in [6.45, 7) is 3.41. The van der Waals surface area contributed by atoms with Crippen LogP contribution in [0.1, 0.15) is 19.7 Å². The van der Waals surface area contributed by atoms with Gasteiger partial charge in [0.2, 0.25) is 0 Å². The molecule has 1 heterocycles. The smallest absolute Gasteiger partial charge is 0.138 e. The van der Waals surface area contributed by atoms with Crippen LogP contribution in [0, 0.1) is 0 Å². The molecule has 0 bridgehead atoms. The van der Waals surface area contributed by atoms with Gasteiger partial charge in [-0.05, 0) is 41.9 Å². The lowest BCUT2D eigenvalue weighted by atomic mass is 10.1. The molecule has 1 aromatic heterocycles. The van der Waals surface area contributed by atoms with Crippen LogP contribution in [-0.4, -0.2) is 15.1 Å². The fourth-order valence-corrected chi connectivity index (χ4v) is 1.74. The minimum atomic E-state index is -0.932. The fourth-order valence-electron chi connectivity index (χ4n) is 1.29. The molecule has 2 rings (SSSR count). The molecule has 2 aromatic rings. The predicted octanol–water partition coefficient (Wildman–Crippen LogP) is 2.55. The van der Waals surface area contributed by atoms with Crippen molar-refractivity contribution in [2.24, 2.45) is 0 Å². The molecule has 0 fully saturated rings. The number of nitrogens with one attached hydrogen (secondary N) is 1. The van der Waals surface area contributed by atoms with Gasteiger partial charge in [0, 0.05) is 4.47 Å². The molecule has 0 atom stereocenters. The Kier molecular flexibility index (Phi) is 2.12. The van der Waals surface area contributed by atoms with E-state index < -0.39 is 5.60 Å². The fraction of sp³-hybridized carbons (Fsp3) is 0.300. The molecule has 0 aliphatic heterocycles. The highest BCUT2D eigenvalue weighted by molar-refractivity contribution is 9.10. The number of halogens is 1. The first-order valence-corrected chi connectivity index (χ1v) is 5.15. The van der Waals surface area contributed by atoms with Crippen LogP contribution in [0.3, 0.4) is 0 Å². The summed E-state index contributed by atoms with van der Waals surface area (Å²) < 4.78 is 0.932. The number of aliphatic hydroxyl groups is 1. The van der Waals surface area contributed by atoms with E-state index >= 15 is 0 Å². The van der Waals surface area contributed by atoms with Gasteiger partial charge in [-0.25, -0.2) is 4.98 Å². The number of imidazole rings is 1. The molecule has 0 saturated heterocycles. The number of rotatable bonds is 1. The van der Waals surface area contributed by atoms with Crippen LogP contribution < -0.4 is 0 Å². The van der Waals surface area contributed by atoms with Crippen molar-refractivity contribution in [2.75, 3.05) is 0 Å². The van der Waals surface area contributed by atoms with E-state index in [9.17, 15) is 5.11 Å². The summed E-state index contributed by atoms with van der Waals surface area (Å²) in [6, 6.07) is 5.79. The standard InChI is InChI=1S/C10H11BrN2O/c1-10(2,14)9-12-7-5-3-4-6(11)8(7)13-9/h3-5,14H,1-2H3,(H,12,13). The number of hydrogen-bond acceptors (Lipinski definition) is 2. The Hall–Kier alpha value is -0.870. The number of aromatic nitrogens is 2. The number of nitrogens with zero attached hydrogens (tertiary/aromatic N) is 1. The van der Waals surface area contributed by atoms with Crippen molar-refractivity contribution in [2.45, 2.75) is 19.4 Å². The quantitative estimate of drug-likeness (QED) is 0.822. The Bertz CT molecular complexity index is 470. The summed E-state index contributed by atoms with van der Waals surface area (Å²) in [7, 11) is 0. The molecule has 14 heavy (non-hydrogen) atoms. The zero-order valence-corrected chi connectivity index (χ0v) is 9.59. The molecular formula is C10H11BrN2O. The zero-order valence-electron chi connectivity index (χ0n) is 8.00. The molecule has 0 spiro atoms. The first-order valence-electron chi connectivity index (χ1n) is 4.35. The maximum atomic E-state index is 9.77. The third-order valence-corrected chi connectivity index (χ3v) is 2.68. The predicted molar refractivity (Wildman–Crippen MR) is 59.0 cm³/mol. The van der Waals surface area contributed by atoms with Crippen LogP contribution in [-0.2, 0) is 5.60 Å². The molecule has 74 valence electrons. The van der Waals surface area contributed by atoms with E-state index in [1.54, 1.807) is 13.8 Å². The van der Waals surface area contributed by atoms with E-state index in [2.05, 4.69) is 25.9 Å². The van der Waals surface area contributed by atoms with Crippen LogP contribution in [0.4, 0.5) is 0 Å². The van der Waals surface area contributed by atoms with E-state index in [1.165, 1.54) is 0 Å². The van der Waals surface area contributed by atoms with Crippen LogP contribution in [0.25, 0.3) is 11.0 Å². The van der Waals surface area contributed by atoms with Gasteiger partial charge in [0.25, 0.3) is 0 Å². The Balaban J connectivity index is 2.69. The zero-order chi connectivity index (χ0) is 10.3. The second-order valence-electron chi connectivity index (χ2n) is 3.78.